The number of aromatic nitrogens is 3. The molecule has 0 saturated carbocycles. The molecule has 2 aromatic rings. The normalized spacial score (nSPS) is 13.1. The van der Waals surface area contributed by atoms with Crippen molar-refractivity contribution >= 4 is 11.6 Å². The van der Waals surface area contributed by atoms with E-state index in [1.807, 2.05) is 0 Å². The van der Waals surface area contributed by atoms with E-state index >= 15 is 0 Å². The Balaban J connectivity index is 2.31. The molecular weight excluding hydrogens is 333 g/mol. The minimum Gasteiger partial charge on any atom is -0.481 e. The van der Waals surface area contributed by atoms with Crippen molar-refractivity contribution in [1.29, 1.82) is 0 Å². The molecule has 5 nitrogen and oxygen atoms in total. The lowest BCUT2D eigenvalue weighted by Gasteiger charge is -2.20. The molecule has 1 unspecified atom stereocenters. The first-order valence-electron chi connectivity index (χ1n) is 6.90. The molecule has 0 amide bonds. The lowest BCUT2D eigenvalue weighted by atomic mass is 10.1. The van der Waals surface area contributed by atoms with Crippen LogP contribution in [0.5, 0.6) is 5.75 Å². The van der Waals surface area contributed by atoms with Crippen LogP contribution >= 0.6 is 11.6 Å². The van der Waals surface area contributed by atoms with Gasteiger partial charge in [-0.3, -0.25) is 0 Å². The van der Waals surface area contributed by atoms with E-state index in [1.54, 1.807) is 7.05 Å². The van der Waals surface area contributed by atoms with E-state index in [0.29, 0.717) is 25.2 Å². The molecule has 1 aromatic carbocycles. The molecule has 0 aliphatic carbocycles. The Bertz CT molecular complexity index is 660. The average Bonchev–Trinajstić information content (AvgIpc) is 2.90. The predicted octanol–water partition coefficient (Wildman–Crippen LogP) is 3.35. The molecule has 0 bridgehead atoms. The van der Waals surface area contributed by atoms with E-state index in [9.17, 15) is 13.2 Å². The first kappa shape index (κ1) is 17.6. The predicted molar refractivity (Wildman–Crippen MR) is 79.1 cm³/mol. The summed E-state index contributed by atoms with van der Waals surface area (Å²) in [7, 11) is 1.68. The van der Waals surface area contributed by atoms with Gasteiger partial charge in [0.05, 0.1) is 10.6 Å². The summed E-state index contributed by atoms with van der Waals surface area (Å²) in [4.78, 5) is 4.09. The number of nitrogens with zero attached hydrogens (tertiary/aromatic N) is 3. The van der Waals surface area contributed by atoms with Crippen LogP contribution in [-0.4, -0.2) is 21.3 Å². The lowest BCUT2D eigenvalue weighted by Crippen LogP contribution is -2.16. The number of aryl methyl sites for hydroxylation is 1. The number of ether oxygens (including phenoxy) is 1. The number of nitrogens with two attached hydrogens (primary N) is 1. The third-order valence-electron chi connectivity index (χ3n) is 3.23. The molecule has 23 heavy (non-hydrogen) atoms. The molecule has 2 N–H and O–H groups in total. The van der Waals surface area contributed by atoms with Crippen LogP contribution in [0.15, 0.2) is 24.5 Å². The van der Waals surface area contributed by atoms with Crippen molar-refractivity contribution in [1.82, 2.24) is 14.8 Å². The maximum Gasteiger partial charge on any atom is 0.416 e. The summed E-state index contributed by atoms with van der Waals surface area (Å²) in [6.07, 6.45) is -2.61. The summed E-state index contributed by atoms with van der Waals surface area (Å²) in [6, 6.07) is 2.96. The molecule has 0 spiro atoms. The van der Waals surface area contributed by atoms with Gasteiger partial charge in [0.15, 0.2) is 11.9 Å². The standard InChI is InChI=1S/C14H16ClF3N4O/c1-22-13(20-8-21-22)11(3-2-6-19)23-12-7-9(14(16,17)18)4-5-10(12)15/h4-5,7-8,11H,2-3,6,19H2,1H3. The molecule has 1 aromatic heterocycles. The third kappa shape index (κ3) is 4.35. The van der Waals surface area contributed by atoms with Crippen LogP contribution in [-0.2, 0) is 13.2 Å². The number of benzene rings is 1. The van der Waals surface area contributed by atoms with Crippen molar-refractivity contribution < 1.29 is 17.9 Å². The van der Waals surface area contributed by atoms with Crippen LogP contribution in [0.4, 0.5) is 13.2 Å². The van der Waals surface area contributed by atoms with Crippen molar-refractivity contribution in [2.24, 2.45) is 12.8 Å². The fourth-order valence-electron chi connectivity index (χ4n) is 2.06. The van der Waals surface area contributed by atoms with Gasteiger partial charge < -0.3 is 10.5 Å². The molecule has 1 heterocycles. The summed E-state index contributed by atoms with van der Waals surface area (Å²) in [5.41, 5.74) is 4.67. The zero-order valence-electron chi connectivity index (χ0n) is 12.3. The van der Waals surface area contributed by atoms with Crippen LogP contribution in [0, 0.1) is 0 Å². The molecule has 0 aliphatic rings. The topological polar surface area (TPSA) is 66.0 Å². The van der Waals surface area contributed by atoms with Crippen molar-refractivity contribution in [3.63, 3.8) is 0 Å². The summed E-state index contributed by atoms with van der Waals surface area (Å²) in [5.74, 6) is 0.443. The Morgan fingerprint density at radius 2 is 2.13 bits per heavy atom. The zero-order valence-corrected chi connectivity index (χ0v) is 13.1. The van der Waals surface area contributed by atoms with E-state index in [4.69, 9.17) is 22.1 Å². The molecule has 0 radical (unpaired) electrons. The van der Waals surface area contributed by atoms with Gasteiger partial charge in [0.2, 0.25) is 0 Å². The SMILES string of the molecule is Cn1ncnc1C(CCCN)Oc1cc(C(F)(F)F)ccc1Cl. The smallest absolute Gasteiger partial charge is 0.416 e. The monoisotopic (exact) mass is 348 g/mol. The Hall–Kier alpha value is -1.80. The van der Waals surface area contributed by atoms with Crippen LogP contribution in [0.1, 0.15) is 30.3 Å². The van der Waals surface area contributed by atoms with Gasteiger partial charge in [-0.05, 0) is 37.6 Å². The number of halogens is 4. The van der Waals surface area contributed by atoms with Crippen LogP contribution in [0.25, 0.3) is 0 Å². The van der Waals surface area contributed by atoms with Crippen LogP contribution < -0.4 is 10.5 Å². The van der Waals surface area contributed by atoms with Crippen LogP contribution in [0.3, 0.4) is 0 Å². The molecule has 1 atom stereocenters. The Morgan fingerprint density at radius 3 is 2.70 bits per heavy atom. The molecule has 9 heteroatoms. The van der Waals surface area contributed by atoms with Crippen LogP contribution in [0.2, 0.25) is 5.02 Å². The van der Waals surface area contributed by atoms with Crippen molar-refractivity contribution in [2.75, 3.05) is 6.54 Å². The second kappa shape index (κ2) is 7.18. The molecule has 0 aliphatic heterocycles. The number of rotatable bonds is 6. The van der Waals surface area contributed by atoms with Gasteiger partial charge in [0, 0.05) is 7.05 Å². The van der Waals surface area contributed by atoms with E-state index in [2.05, 4.69) is 10.1 Å². The van der Waals surface area contributed by atoms with Crippen molar-refractivity contribution in [3.05, 3.63) is 40.9 Å². The lowest BCUT2D eigenvalue weighted by molar-refractivity contribution is -0.137. The van der Waals surface area contributed by atoms with Gasteiger partial charge in [-0.1, -0.05) is 11.6 Å². The number of hydrogen-bond acceptors (Lipinski definition) is 4. The van der Waals surface area contributed by atoms with Gasteiger partial charge in [-0.15, -0.1) is 0 Å². The maximum absolute atomic E-state index is 12.8. The van der Waals surface area contributed by atoms with Crippen molar-refractivity contribution in [3.8, 4) is 5.75 Å². The number of alkyl halides is 3. The highest BCUT2D eigenvalue weighted by Gasteiger charge is 2.31. The fraction of sp³-hybridized carbons (Fsp3) is 0.429. The third-order valence-corrected chi connectivity index (χ3v) is 3.54. The zero-order chi connectivity index (χ0) is 17.0. The molecule has 126 valence electrons. The summed E-state index contributed by atoms with van der Waals surface area (Å²) in [5, 5.41) is 4.04. The van der Waals surface area contributed by atoms with E-state index in [0.717, 1.165) is 18.2 Å². The van der Waals surface area contributed by atoms with Gasteiger partial charge in [0.25, 0.3) is 0 Å². The highest BCUT2D eigenvalue weighted by molar-refractivity contribution is 6.32. The van der Waals surface area contributed by atoms with Gasteiger partial charge in [0.1, 0.15) is 12.1 Å². The van der Waals surface area contributed by atoms with E-state index in [-0.39, 0.29) is 10.8 Å². The van der Waals surface area contributed by atoms with Gasteiger partial charge in [-0.2, -0.15) is 18.3 Å². The fourth-order valence-corrected chi connectivity index (χ4v) is 2.23. The summed E-state index contributed by atoms with van der Waals surface area (Å²) >= 11 is 5.97. The Kier molecular flexibility index (Phi) is 5.48. The molecular formula is C14H16ClF3N4O. The minimum absolute atomic E-state index is 0.0495. The minimum atomic E-state index is -4.47. The van der Waals surface area contributed by atoms with Crippen molar-refractivity contribution in [2.45, 2.75) is 25.1 Å². The highest BCUT2D eigenvalue weighted by atomic mass is 35.5. The van der Waals surface area contributed by atoms with Gasteiger partial charge >= 0.3 is 6.18 Å². The largest absolute Gasteiger partial charge is 0.481 e. The Morgan fingerprint density at radius 1 is 1.39 bits per heavy atom. The van der Waals surface area contributed by atoms with Gasteiger partial charge in [-0.25, -0.2) is 9.67 Å². The highest BCUT2D eigenvalue weighted by Crippen LogP contribution is 2.37. The maximum atomic E-state index is 12.8. The first-order valence-corrected chi connectivity index (χ1v) is 7.28. The molecule has 2 rings (SSSR count). The number of hydrogen-bond donors (Lipinski definition) is 1. The molecule has 0 fully saturated rings. The molecule has 0 saturated heterocycles. The van der Waals surface area contributed by atoms with E-state index < -0.39 is 17.8 Å². The summed E-state index contributed by atoms with van der Waals surface area (Å²) < 4.78 is 45.7. The second-order valence-electron chi connectivity index (χ2n) is 4.92. The Labute approximate surface area is 136 Å². The quantitative estimate of drug-likeness (QED) is 0.869. The first-order chi connectivity index (χ1) is 10.8. The van der Waals surface area contributed by atoms with E-state index in [1.165, 1.54) is 11.0 Å². The second-order valence-corrected chi connectivity index (χ2v) is 5.33. The summed E-state index contributed by atoms with van der Waals surface area (Å²) in [6.45, 7) is 0.425. The average molecular weight is 349 g/mol.